The molecule has 0 saturated heterocycles. The van der Waals surface area contributed by atoms with Gasteiger partial charge in [0.15, 0.2) is 12.4 Å². The zero-order chi connectivity index (χ0) is 20.0. The second-order valence-electron chi connectivity index (χ2n) is 7.72. The van der Waals surface area contributed by atoms with Gasteiger partial charge in [0.1, 0.15) is 6.04 Å². The highest BCUT2D eigenvalue weighted by atomic mass is 16.5. The summed E-state index contributed by atoms with van der Waals surface area (Å²) in [7, 11) is 0. The molecule has 1 fully saturated rings. The number of esters is 1. The minimum absolute atomic E-state index is 0.111. The quantitative estimate of drug-likeness (QED) is 0.711. The molecule has 0 aromatic carbocycles. The van der Waals surface area contributed by atoms with Crippen LogP contribution in [-0.4, -0.2) is 36.5 Å². The van der Waals surface area contributed by atoms with Gasteiger partial charge < -0.3 is 19.8 Å². The first-order valence-electron chi connectivity index (χ1n) is 9.60. The van der Waals surface area contributed by atoms with E-state index in [1.54, 1.807) is 19.9 Å². The van der Waals surface area contributed by atoms with E-state index in [0.717, 1.165) is 12.8 Å². The lowest BCUT2D eigenvalue weighted by atomic mass is 9.78. The van der Waals surface area contributed by atoms with E-state index in [2.05, 4.69) is 24.5 Å². The number of amides is 2. The summed E-state index contributed by atoms with van der Waals surface area (Å²) in [6.45, 7) is 7.56. The SMILES string of the molecule is CC(C)[C@H](NC(=O)c1ccco1)C(=O)OCC(=O)N[C@H]1CCC[C@@H](C)[C@H]1C. The van der Waals surface area contributed by atoms with Crippen LogP contribution in [0.4, 0.5) is 0 Å². The molecule has 7 heteroatoms. The first-order valence-corrected chi connectivity index (χ1v) is 9.60. The van der Waals surface area contributed by atoms with Crippen LogP contribution in [0.3, 0.4) is 0 Å². The summed E-state index contributed by atoms with van der Waals surface area (Å²) >= 11 is 0. The van der Waals surface area contributed by atoms with Crippen molar-refractivity contribution in [1.29, 1.82) is 0 Å². The van der Waals surface area contributed by atoms with Gasteiger partial charge >= 0.3 is 5.97 Å². The monoisotopic (exact) mass is 378 g/mol. The van der Waals surface area contributed by atoms with E-state index in [9.17, 15) is 14.4 Å². The predicted molar refractivity (Wildman–Crippen MR) is 99.9 cm³/mol. The third-order valence-electron chi connectivity index (χ3n) is 5.35. The van der Waals surface area contributed by atoms with Crippen LogP contribution in [0.2, 0.25) is 0 Å². The molecule has 0 aliphatic heterocycles. The van der Waals surface area contributed by atoms with E-state index in [0.29, 0.717) is 11.8 Å². The number of nitrogens with one attached hydrogen (secondary N) is 2. The van der Waals surface area contributed by atoms with Crippen molar-refractivity contribution in [1.82, 2.24) is 10.6 Å². The van der Waals surface area contributed by atoms with Gasteiger partial charge in [0.25, 0.3) is 11.8 Å². The molecular weight excluding hydrogens is 348 g/mol. The predicted octanol–water partition coefficient (Wildman–Crippen LogP) is 2.52. The third-order valence-corrected chi connectivity index (χ3v) is 5.35. The summed E-state index contributed by atoms with van der Waals surface area (Å²) in [6.07, 6.45) is 4.59. The Morgan fingerprint density at radius 2 is 2.00 bits per heavy atom. The molecule has 2 rings (SSSR count). The summed E-state index contributed by atoms with van der Waals surface area (Å²) in [5.74, 6) is -0.558. The lowest BCUT2D eigenvalue weighted by Crippen LogP contribution is -2.48. The number of hydrogen-bond acceptors (Lipinski definition) is 5. The van der Waals surface area contributed by atoms with Crippen molar-refractivity contribution in [3.8, 4) is 0 Å². The van der Waals surface area contributed by atoms with Crippen molar-refractivity contribution in [2.24, 2.45) is 17.8 Å². The molecule has 0 radical (unpaired) electrons. The number of carbonyl (C=O) groups excluding carboxylic acids is 3. The van der Waals surface area contributed by atoms with Gasteiger partial charge in [-0.3, -0.25) is 9.59 Å². The number of ether oxygens (including phenoxy) is 1. The molecule has 27 heavy (non-hydrogen) atoms. The highest BCUT2D eigenvalue weighted by molar-refractivity contribution is 5.94. The molecule has 7 nitrogen and oxygen atoms in total. The fraction of sp³-hybridized carbons (Fsp3) is 0.650. The maximum Gasteiger partial charge on any atom is 0.329 e. The molecule has 1 heterocycles. The Morgan fingerprint density at radius 3 is 2.63 bits per heavy atom. The Hall–Kier alpha value is -2.31. The fourth-order valence-corrected chi connectivity index (χ4v) is 3.38. The molecule has 2 amide bonds. The highest BCUT2D eigenvalue weighted by Crippen LogP contribution is 2.29. The fourth-order valence-electron chi connectivity index (χ4n) is 3.38. The van der Waals surface area contributed by atoms with Crippen molar-refractivity contribution < 1.29 is 23.5 Å². The summed E-state index contributed by atoms with van der Waals surface area (Å²) in [4.78, 5) is 36.6. The normalized spacial score (nSPS) is 23.5. The van der Waals surface area contributed by atoms with Crippen LogP contribution in [-0.2, 0) is 14.3 Å². The van der Waals surface area contributed by atoms with E-state index in [1.807, 2.05) is 0 Å². The van der Waals surface area contributed by atoms with Crippen LogP contribution in [0.5, 0.6) is 0 Å². The topological polar surface area (TPSA) is 97.6 Å². The molecular formula is C20H30N2O5. The van der Waals surface area contributed by atoms with Gasteiger partial charge in [-0.15, -0.1) is 0 Å². The summed E-state index contributed by atoms with van der Waals surface area (Å²) in [5, 5.41) is 5.56. The van der Waals surface area contributed by atoms with Gasteiger partial charge in [-0.2, -0.15) is 0 Å². The molecule has 4 atom stereocenters. The van der Waals surface area contributed by atoms with Crippen LogP contribution in [0.25, 0.3) is 0 Å². The lowest BCUT2D eigenvalue weighted by Gasteiger charge is -2.34. The van der Waals surface area contributed by atoms with Crippen LogP contribution in [0, 0.1) is 17.8 Å². The second-order valence-corrected chi connectivity index (χ2v) is 7.72. The van der Waals surface area contributed by atoms with Crippen molar-refractivity contribution >= 4 is 17.8 Å². The van der Waals surface area contributed by atoms with Crippen molar-refractivity contribution in [3.63, 3.8) is 0 Å². The minimum atomic E-state index is -0.857. The number of carbonyl (C=O) groups is 3. The lowest BCUT2D eigenvalue weighted by molar-refractivity contribution is -0.151. The zero-order valence-electron chi connectivity index (χ0n) is 16.5. The van der Waals surface area contributed by atoms with Gasteiger partial charge in [-0.1, -0.05) is 40.5 Å². The molecule has 1 aliphatic rings. The molecule has 1 saturated carbocycles. The minimum Gasteiger partial charge on any atom is -0.459 e. The Kier molecular flexibility index (Phi) is 7.45. The highest BCUT2D eigenvalue weighted by Gasteiger charge is 2.30. The molecule has 150 valence electrons. The van der Waals surface area contributed by atoms with Gasteiger partial charge in [-0.25, -0.2) is 4.79 Å². The third kappa shape index (κ3) is 5.84. The smallest absolute Gasteiger partial charge is 0.329 e. The van der Waals surface area contributed by atoms with Crippen LogP contribution >= 0.6 is 0 Å². The Labute approximate surface area is 160 Å². The van der Waals surface area contributed by atoms with Gasteiger partial charge in [0, 0.05) is 6.04 Å². The van der Waals surface area contributed by atoms with Crippen molar-refractivity contribution in [2.45, 2.75) is 59.0 Å². The van der Waals surface area contributed by atoms with E-state index in [1.165, 1.54) is 18.8 Å². The van der Waals surface area contributed by atoms with Crippen molar-refractivity contribution in [3.05, 3.63) is 24.2 Å². The summed E-state index contributed by atoms with van der Waals surface area (Å²) in [6, 6.07) is 2.36. The molecule has 1 aromatic rings. The van der Waals surface area contributed by atoms with E-state index in [4.69, 9.17) is 9.15 Å². The first kappa shape index (κ1) is 21.0. The van der Waals surface area contributed by atoms with Crippen molar-refractivity contribution in [2.75, 3.05) is 6.61 Å². The molecule has 2 N–H and O–H groups in total. The summed E-state index contributed by atoms with van der Waals surface area (Å²) < 4.78 is 10.2. The van der Waals surface area contributed by atoms with E-state index in [-0.39, 0.29) is 30.2 Å². The Morgan fingerprint density at radius 1 is 1.26 bits per heavy atom. The molecule has 0 spiro atoms. The van der Waals surface area contributed by atoms with Gasteiger partial charge in [-0.05, 0) is 36.3 Å². The van der Waals surface area contributed by atoms with Gasteiger partial charge in [0.2, 0.25) is 0 Å². The maximum atomic E-state index is 12.4. The second kappa shape index (κ2) is 9.58. The van der Waals surface area contributed by atoms with E-state index >= 15 is 0 Å². The Balaban J connectivity index is 1.84. The zero-order valence-corrected chi connectivity index (χ0v) is 16.5. The standard InChI is InChI=1S/C20H30N2O5/c1-12(2)18(22-19(24)16-9-6-10-26-16)20(25)27-11-17(23)21-15-8-5-7-13(3)14(15)4/h6,9-10,12-15,18H,5,7-8,11H2,1-4H3,(H,21,23)(H,22,24)/t13-,14-,15+,18+/m1/s1. The molecule has 0 bridgehead atoms. The number of rotatable bonds is 7. The summed E-state index contributed by atoms with van der Waals surface area (Å²) in [5.41, 5.74) is 0. The van der Waals surface area contributed by atoms with Crippen LogP contribution < -0.4 is 10.6 Å². The average molecular weight is 378 g/mol. The van der Waals surface area contributed by atoms with Crippen LogP contribution in [0.15, 0.2) is 22.8 Å². The number of hydrogen-bond donors (Lipinski definition) is 2. The molecule has 0 unspecified atom stereocenters. The van der Waals surface area contributed by atoms with E-state index < -0.39 is 17.9 Å². The van der Waals surface area contributed by atoms with Crippen LogP contribution in [0.1, 0.15) is 57.5 Å². The maximum absolute atomic E-state index is 12.4. The average Bonchev–Trinajstić information content (AvgIpc) is 3.16. The Bertz CT molecular complexity index is 641. The largest absolute Gasteiger partial charge is 0.459 e. The number of furan rings is 1. The molecule has 1 aromatic heterocycles. The molecule has 1 aliphatic carbocycles. The van der Waals surface area contributed by atoms with Gasteiger partial charge in [0.05, 0.1) is 6.26 Å². The first-order chi connectivity index (χ1) is 12.8.